The van der Waals surface area contributed by atoms with Crippen LogP contribution in [-0.2, 0) is 16.8 Å². The number of rotatable bonds is 6. The van der Waals surface area contributed by atoms with Gasteiger partial charge in [-0.15, -0.1) is 0 Å². The van der Waals surface area contributed by atoms with Crippen LogP contribution >= 0.6 is 0 Å². The molecule has 0 radical (unpaired) electrons. The van der Waals surface area contributed by atoms with Crippen molar-refractivity contribution in [1.82, 2.24) is 14.8 Å². The number of hydrogen-bond donors (Lipinski definition) is 0. The molecule has 1 aliphatic rings. The van der Waals surface area contributed by atoms with Gasteiger partial charge in [-0.1, -0.05) is 24.3 Å². The second-order valence-corrected chi connectivity index (χ2v) is 8.77. The second-order valence-electron chi connectivity index (χ2n) is 8.77. The number of nitrogens with zero attached hydrogens (tertiary/aromatic N) is 3. The maximum absolute atomic E-state index is 13.5. The highest BCUT2D eigenvalue weighted by Crippen LogP contribution is 2.35. The number of aromatic nitrogens is 1. The Balaban J connectivity index is 1.53. The van der Waals surface area contributed by atoms with Crippen LogP contribution in [0, 0.1) is 5.82 Å². The van der Waals surface area contributed by atoms with E-state index in [1.807, 2.05) is 18.2 Å². The third-order valence-electron chi connectivity index (χ3n) is 6.15. The Morgan fingerprint density at radius 2 is 1.88 bits per heavy atom. The average Bonchev–Trinajstić information content (AvgIpc) is 2.88. The molecular weight excluding hydrogens is 433 g/mol. The van der Waals surface area contributed by atoms with E-state index < -0.39 is 5.41 Å². The van der Waals surface area contributed by atoms with Crippen molar-refractivity contribution in [3.63, 3.8) is 0 Å². The van der Waals surface area contributed by atoms with Gasteiger partial charge in [0, 0.05) is 38.9 Å². The summed E-state index contributed by atoms with van der Waals surface area (Å²) in [4.78, 5) is 34.6. The minimum absolute atomic E-state index is 0.0555. The highest BCUT2D eigenvalue weighted by atomic mass is 19.1. The molecule has 1 saturated heterocycles. The van der Waals surface area contributed by atoms with Gasteiger partial charge in [0.25, 0.3) is 5.91 Å². The van der Waals surface area contributed by atoms with Crippen molar-refractivity contribution in [3.05, 3.63) is 95.6 Å². The molecule has 176 valence electrons. The Bertz CT molecular complexity index is 1150. The topological polar surface area (TPSA) is 62.7 Å². The number of hydrogen-bond acceptors (Lipinski definition) is 4. The standard InChI is InChI=1S/C27H28FN3O3/c1-30(2)26(33)27(24-9-3-4-15-29-24)14-6-16-31(19-27)25(32)21-7-5-8-23(17-21)34-18-20-10-12-22(28)13-11-20/h3-5,7-13,15,17H,6,14,16,18-19H2,1-2H3. The van der Waals surface area contributed by atoms with Gasteiger partial charge in [0.2, 0.25) is 5.91 Å². The zero-order valence-electron chi connectivity index (χ0n) is 19.4. The molecule has 1 aromatic heterocycles. The number of halogens is 1. The molecule has 0 bridgehead atoms. The monoisotopic (exact) mass is 461 g/mol. The van der Waals surface area contributed by atoms with Crippen LogP contribution in [0.3, 0.4) is 0 Å². The number of amides is 2. The summed E-state index contributed by atoms with van der Waals surface area (Å²) in [6, 6.07) is 18.7. The largest absolute Gasteiger partial charge is 0.489 e. The van der Waals surface area contributed by atoms with Gasteiger partial charge in [0.15, 0.2) is 0 Å². The molecule has 2 amide bonds. The van der Waals surface area contributed by atoms with E-state index in [-0.39, 0.29) is 30.8 Å². The number of ether oxygens (including phenoxy) is 1. The van der Waals surface area contributed by atoms with E-state index >= 15 is 0 Å². The van der Waals surface area contributed by atoms with E-state index in [0.29, 0.717) is 36.4 Å². The molecule has 2 heterocycles. The summed E-state index contributed by atoms with van der Waals surface area (Å²) in [6.07, 6.45) is 3.01. The summed E-state index contributed by atoms with van der Waals surface area (Å²) in [5, 5.41) is 0. The maximum atomic E-state index is 13.5. The van der Waals surface area contributed by atoms with Crippen molar-refractivity contribution in [2.24, 2.45) is 0 Å². The van der Waals surface area contributed by atoms with Gasteiger partial charge in [-0.3, -0.25) is 14.6 Å². The number of likely N-dealkylation sites (tertiary alicyclic amines) is 1. The Morgan fingerprint density at radius 3 is 2.59 bits per heavy atom. The first kappa shape index (κ1) is 23.4. The predicted molar refractivity (Wildman–Crippen MR) is 127 cm³/mol. The molecule has 6 nitrogen and oxygen atoms in total. The number of carbonyl (C=O) groups excluding carboxylic acids is 2. The summed E-state index contributed by atoms with van der Waals surface area (Å²) in [5.41, 5.74) is 1.12. The van der Waals surface area contributed by atoms with Crippen LogP contribution in [0.2, 0.25) is 0 Å². The minimum Gasteiger partial charge on any atom is -0.489 e. The number of benzene rings is 2. The third kappa shape index (κ3) is 4.93. The zero-order valence-corrected chi connectivity index (χ0v) is 19.4. The molecule has 1 atom stereocenters. The van der Waals surface area contributed by atoms with Crippen LogP contribution in [0.15, 0.2) is 72.9 Å². The van der Waals surface area contributed by atoms with Crippen molar-refractivity contribution < 1.29 is 18.7 Å². The van der Waals surface area contributed by atoms with E-state index in [0.717, 1.165) is 5.56 Å². The number of piperidine rings is 1. The fraction of sp³-hybridized carbons (Fsp3) is 0.296. The summed E-state index contributed by atoms with van der Waals surface area (Å²) < 4.78 is 18.9. The molecule has 34 heavy (non-hydrogen) atoms. The van der Waals surface area contributed by atoms with Gasteiger partial charge in [-0.25, -0.2) is 4.39 Å². The minimum atomic E-state index is -0.880. The first-order valence-corrected chi connectivity index (χ1v) is 11.3. The van der Waals surface area contributed by atoms with Crippen molar-refractivity contribution in [3.8, 4) is 5.75 Å². The van der Waals surface area contributed by atoms with Crippen LogP contribution in [0.4, 0.5) is 4.39 Å². The Morgan fingerprint density at radius 1 is 1.09 bits per heavy atom. The number of likely N-dealkylation sites (N-methyl/N-ethyl adjacent to an activating group) is 1. The van der Waals surface area contributed by atoms with E-state index in [1.54, 1.807) is 66.5 Å². The molecule has 4 rings (SSSR count). The molecule has 3 aromatic rings. The lowest BCUT2D eigenvalue weighted by atomic mass is 9.75. The molecule has 0 aliphatic carbocycles. The Labute approximate surface area is 199 Å². The molecule has 1 unspecified atom stereocenters. The molecule has 0 saturated carbocycles. The van der Waals surface area contributed by atoms with Crippen LogP contribution in [0.25, 0.3) is 0 Å². The first-order valence-electron chi connectivity index (χ1n) is 11.3. The molecule has 0 N–H and O–H groups in total. The predicted octanol–water partition coefficient (Wildman–Crippen LogP) is 4.06. The van der Waals surface area contributed by atoms with E-state index in [1.165, 1.54) is 12.1 Å². The number of carbonyl (C=O) groups is 2. The lowest BCUT2D eigenvalue weighted by molar-refractivity contribution is -0.136. The molecule has 1 aliphatic heterocycles. The van der Waals surface area contributed by atoms with Gasteiger partial charge in [0.05, 0.1) is 5.69 Å². The fourth-order valence-corrected chi connectivity index (χ4v) is 4.44. The molecule has 0 spiro atoms. The van der Waals surface area contributed by atoms with E-state index in [2.05, 4.69) is 4.98 Å². The van der Waals surface area contributed by atoms with Crippen LogP contribution in [-0.4, -0.2) is 53.8 Å². The Hall–Kier alpha value is -3.74. The Kier molecular flexibility index (Phi) is 6.91. The third-order valence-corrected chi connectivity index (χ3v) is 6.15. The van der Waals surface area contributed by atoms with Gasteiger partial charge in [-0.2, -0.15) is 0 Å². The van der Waals surface area contributed by atoms with Crippen molar-refractivity contribution in [2.45, 2.75) is 24.9 Å². The summed E-state index contributed by atoms with van der Waals surface area (Å²) in [6.45, 7) is 1.09. The number of pyridine rings is 1. The SMILES string of the molecule is CN(C)C(=O)C1(c2ccccn2)CCCN(C(=O)c2cccc(OCc3ccc(F)cc3)c2)C1. The molecule has 2 aromatic carbocycles. The van der Waals surface area contributed by atoms with Gasteiger partial charge < -0.3 is 14.5 Å². The van der Waals surface area contributed by atoms with Gasteiger partial charge in [0.1, 0.15) is 23.6 Å². The molecule has 1 fully saturated rings. The average molecular weight is 462 g/mol. The highest BCUT2D eigenvalue weighted by Gasteiger charge is 2.46. The second kappa shape index (κ2) is 10.0. The lowest BCUT2D eigenvalue weighted by Crippen LogP contribution is -2.56. The summed E-state index contributed by atoms with van der Waals surface area (Å²) >= 11 is 0. The van der Waals surface area contributed by atoms with Crippen molar-refractivity contribution >= 4 is 11.8 Å². The maximum Gasteiger partial charge on any atom is 0.254 e. The molecular formula is C27H28FN3O3. The normalized spacial score (nSPS) is 17.8. The summed E-state index contributed by atoms with van der Waals surface area (Å²) in [7, 11) is 3.46. The van der Waals surface area contributed by atoms with Gasteiger partial charge >= 0.3 is 0 Å². The fourth-order valence-electron chi connectivity index (χ4n) is 4.44. The quantitative estimate of drug-likeness (QED) is 0.555. The van der Waals surface area contributed by atoms with Crippen LogP contribution < -0.4 is 4.74 Å². The summed E-state index contributed by atoms with van der Waals surface area (Å²) in [5.74, 6) is 0.0406. The van der Waals surface area contributed by atoms with E-state index in [9.17, 15) is 14.0 Å². The highest BCUT2D eigenvalue weighted by molar-refractivity contribution is 5.96. The van der Waals surface area contributed by atoms with Gasteiger partial charge in [-0.05, 0) is 60.9 Å². The zero-order chi connectivity index (χ0) is 24.1. The van der Waals surface area contributed by atoms with Crippen molar-refractivity contribution in [2.75, 3.05) is 27.2 Å². The lowest BCUT2D eigenvalue weighted by Gasteiger charge is -2.42. The van der Waals surface area contributed by atoms with Crippen LogP contribution in [0.5, 0.6) is 5.75 Å². The van der Waals surface area contributed by atoms with Crippen LogP contribution in [0.1, 0.15) is 34.5 Å². The van der Waals surface area contributed by atoms with E-state index in [4.69, 9.17) is 4.74 Å². The smallest absolute Gasteiger partial charge is 0.254 e. The van der Waals surface area contributed by atoms with Crippen molar-refractivity contribution in [1.29, 1.82) is 0 Å². The molecule has 7 heteroatoms. The first-order chi connectivity index (χ1) is 16.4.